The number of carbonyl (C=O) groups is 2. The van der Waals surface area contributed by atoms with Crippen LogP contribution in [0.5, 0.6) is 0 Å². The summed E-state index contributed by atoms with van der Waals surface area (Å²) in [5.74, 6) is -1.20. The van der Waals surface area contributed by atoms with Gasteiger partial charge in [0.05, 0.1) is 10.6 Å². The van der Waals surface area contributed by atoms with Crippen molar-refractivity contribution in [3.63, 3.8) is 0 Å². The van der Waals surface area contributed by atoms with Gasteiger partial charge in [0.1, 0.15) is 5.82 Å². The van der Waals surface area contributed by atoms with Crippen molar-refractivity contribution in [3.8, 4) is 0 Å². The van der Waals surface area contributed by atoms with E-state index in [0.29, 0.717) is 10.6 Å². The average molecular weight is 427 g/mol. The molecule has 0 heterocycles. The number of amides is 1. The van der Waals surface area contributed by atoms with E-state index in [1.165, 1.54) is 50.4 Å². The van der Waals surface area contributed by atoms with Crippen LogP contribution in [0.15, 0.2) is 47.4 Å². The topological polar surface area (TPSA) is 83.6 Å². The molecule has 0 unspecified atom stereocenters. The highest BCUT2D eigenvalue weighted by Gasteiger charge is 2.21. The summed E-state index contributed by atoms with van der Waals surface area (Å²) in [4.78, 5) is 23.3. The Labute approximate surface area is 168 Å². The molecule has 0 radical (unpaired) electrons. The van der Waals surface area contributed by atoms with Gasteiger partial charge in [-0.3, -0.25) is 9.59 Å². The van der Waals surface area contributed by atoms with Crippen LogP contribution >= 0.6 is 11.6 Å². The number of hydrogen-bond acceptors (Lipinski definition) is 4. The Morgan fingerprint density at radius 3 is 2.39 bits per heavy atom. The average Bonchev–Trinajstić information content (AvgIpc) is 2.64. The van der Waals surface area contributed by atoms with Gasteiger partial charge < -0.3 is 5.32 Å². The number of carbonyl (C=O) groups excluding carboxylic acids is 2. The Balaban J connectivity index is 1.91. The number of rotatable bonds is 8. The Kier molecular flexibility index (Phi) is 7.29. The monoisotopic (exact) mass is 426 g/mol. The smallest absolute Gasteiger partial charge is 0.242 e. The molecule has 0 bridgehead atoms. The molecule has 0 aliphatic carbocycles. The van der Waals surface area contributed by atoms with Crippen molar-refractivity contribution >= 4 is 39.0 Å². The third kappa shape index (κ3) is 5.60. The zero-order valence-corrected chi connectivity index (χ0v) is 17.0. The summed E-state index contributed by atoms with van der Waals surface area (Å²) in [5, 5.41) is 2.70. The second-order valence-electron chi connectivity index (χ2n) is 6.18. The van der Waals surface area contributed by atoms with E-state index in [2.05, 4.69) is 5.32 Å². The third-order valence-corrected chi connectivity index (χ3v) is 6.15. The van der Waals surface area contributed by atoms with Crippen LogP contribution in [0.25, 0.3) is 0 Å². The van der Waals surface area contributed by atoms with Gasteiger partial charge in [-0.1, -0.05) is 23.7 Å². The lowest BCUT2D eigenvalue weighted by atomic mass is 10.2. The Hall–Kier alpha value is -2.29. The second-order valence-corrected chi connectivity index (χ2v) is 8.66. The van der Waals surface area contributed by atoms with Crippen molar-refractivity contribution in [2.24, 2.45) is 0 Å². The highest BCUT2D eigenvalue weighted by molar-refractivity contribution is 7.89. The first-order chi connectivity index (χ1) is 13.1. The molecule has 150 valence electrons. The molecule has 2 aromatic rings. The SMILES string of the molecule is CC(=O)c1ccc(S(=O)(=O)N(C)CCCC(=O)Nc2cc(Cl)ccc2F)cc1. The van der Waals surface area contributed by atoms with Crippen LogP contribution in [-0.2, 0) is 14.8 Å². The van der Waals surface area contributed by atoms with E-state index in [4.69, 9.17) is 11.6 Å². The van der Waals surface area contributed by atoms with Crippen molar-refractivity contribution in [1.82, 2.24) is 4.31 Å². The Bertz CT molecular complexity index is 978. The van der Waals surface area contributed by atoms with Gasteiger partial charge in [-0.15, -0.1) is 0 Å². The van der Waals surface area contributed by atoms with E-state index in [1.54, 1.807) is 0 Å². The first-order valence-electron chi connectivity index (χ1n) is 8.43. The number of ketones is 1. The van der Waals surface area contributed by atoms with E-state index >= 15 is 0 Å². The third-order valence-electron chi connectivity index (χ3n) is 4.05. The number of nitrogens with zero attached hydrogens (tertiary/aromatic N) is 1. The first-order valence-corrected chi connectivity index (χ1v) is 10.3. The van der Waals surface area contributed by atoms with Crippen LogP contribution in [0.4, 0.5) is 10.1 Å². The molecule has 9 heteroatoms. The van der Waals surface area contributed by atoms with Gasteiger partial charge >= 0.3 is 0 Å². The number of benzene rings is 2. The Morgan fingerprint density at radius 1 is 1.14 bits per heavy atom. The lowest BCUT2D eigenvalue weighted by Gasteiger charge is -2.17. The Morgan fingerprint density at radius 2 is 1.79 bits per heavy atom. The molecule has 0 atom stereocenters. The van der Waals surface area contributed by atoms with Crippen LogP contribution in [-0.4, -0.2) is 38.0 Å². The van der Waals surface area contributed by atoms with Gasteiger partial charge in [0.15, 0.2) is 5.78 Å². The molecule has 1 N–H and O–H groups in total. The number of anilines is 1. The molecule has 0 aliphatic heterocycles. The maximum Gasteiger partial charge on any atom is 0.242 e. The lowest BCUT2D eigenvalue weighted by Crippen LogP contribution is -2.28. The highest BCUT2D eigenvalue weighted by Crippen LogP contribution is 2.20. The number of halogens is 2. The van der Waals surface area contributed by atoms with Gasteiger partial charge in [-0.05, 0) is 43.7 Å². The van der Waals surface area contributed by atoms with Crippen LogP contribution in [0, 0.1) is 5.82 Å². The van der Waals surface area contributed by atoms with Crippen LogP contribution in [0.3, 0.4) is 0 Å². The molecular formula is C19H20ClFN2O4S. The maximum atomic E-state index is 13.6. The largest absolute Gasteiger partial charge is 0.324 e. The number of Topliss-reactive ketones (excluding diaryl/α,β-unsaturated/α-hetero) is 1. The van der Waals surface area contributed by atoms with Crippen molar-refractivity contribution in [3.05, 3.63) is 58.9 Å². The van der Waals surface area contributed by atoms with Gasteiger partial charge in [0.25, 0.3) is 0 Å². The fourth-order valence-electron chi connectivity index (χ4n) is 2.43. The first kappa shape index (κ1) is 22.0. The molecule has 0 aliphatic rings. The minimum atomic E-state index is -3.74. The van der Waals surface area contributed by atoms with Crippen molar-refractivity contribution in [2.45, 2.75) is 24.7 Å². The van der Waals surface area contributed by atoms with E-state index in [9.17, 15) is 22.4 Å². The summed E-state index contributed by atoms with van der Waals surface area (Å²) in [5.41, 5.74) is 0.399. The fraction of sp³-hybridized carbons (Fsp3) is 0.263. The normalized spacial score (nSPS) is 11.5. The lowest BCUT2D eigenvalue weighted by molar-refractivity contribution is -0.116. The van der Waals surface area contributed by atoms with Crippen molar-refractivity contribution in [2.75, 3.05) is 18.9 Å². The molecule has 28 heavy (non-hydrogen) atoms. The van der Waals surface area contributed by atoms with E-state index in [-0.39, 0.29) is 35.8 Å². The zero-order valence-electron chi connectivity index (χ0n) is 15.4. The highest BCUT2D eigenvalue weighted by atomic mass is 35.5. The molecule has 2 rings (SSSR count). The van der Waals surface area contributed by atoms with E-state index < -0.39 is 21.7 Å². The van der Waals surface area contributed by atoms with E-state index in [1.807, 2.05) is 0 Å². The zero-order chi connectivity index (χ0) is 20.9. The van der Waals surface area contributed by atoms with E-state index in [0.717, 1.165) is 10.4 Å². The summed E-state index contributed by atoms with van der Waals surface area (Å²) in [7, 11) is -2.33. The molecular weight excluding hydrogens is 407 g/mol. The maximum absolute atomic E-state index is 13.6. The van der Waals surface area contributed by atoms with Crippen LogP contribution < -0.4 is 5.32 Å². The standard InChI is InChI=1S/C19H20ClFN2O4S/c1-13(24)14-5-8-16(9-6-14)28(26,27)23(2)11-3-4-19(25)22-18-12-15(20)7-10-17(18)21/h5-10,12H,3-4,11H2,1-2H3,(H,22,25). The number of hydrogen-bond donors (Lipinski definition) is 1. The number of sulfonamides is 1. The van der Waals surface area contributed by atoms with Crippen LogP contribution in [0.1, 0.15) is 30.1 Å². The summed E-state index contributed by atoms with van der Waals surface area (Å²) in [6, 6.07) is 9.47. The fourth-order valence-corrected chi connectivity index (χ4v) is 3.81. The predicted octanol–water partition coefficient (Wildman–Crippen LogP) is 3.72. The summed E-state index contributed by atoms with van der Waals surface area (Å²) in [6.07, 6.45) is 0.254. The molecule has 0 saturated carbocycles. The van der Waals surface area contributed by atoms with Gasteiger partial charge in [-0.25, -0.2) is 17.1 Å². The molecule has 6 nitrogen and oxygen atoms in total. The van der Waals surface area contributed by atoms with Gasteiger partial charge in [0, 0.05) is 30.6 Å². The summed E-state index contributed by atoms with van der Waals surface area (Å²) < 4.78 is 39.8. The quantitative estimate of drug-likeness (QED) is 0.652. The predicted molar refractivity (Wildman–Crippen MR) is 106 cm³/mol. The van der Waals surface area contributed by atoms with Crippen molar-refractivity contribution < 1.29 is 22.4 Å². The minimum Gasteiger partial charge on any atom is -0.324 e. The van der Waals surface area contributed by atoms with Gasteiger partial charge in [0.2, 0.25) is 15.9 Å². The van der Waals surface area contributed by atoms with Crippen molar-refractivity contribution in [1.29, 1.82) is 0 Å². The second kappa shape index (κ2) is 9.27. The summed E-state index contributed by atoms with van der Waals surface area (Å²) in [6.45, 7) is 1.50. The molecule has 0 spiro atoms. The molecule has 2 aromatic carbocycles. The van der Waals surface area contributed by atoms with Gasteiger partial charge in [-0.2, -0.15) is 0 Å². The minimum absolute atomic E-state index is 0.00902. The number of nitrogens with one attached hydrogen (secondary N) is 1. The molecule has 0 fully saturated rings. The van der Waals surface area contributed by atoms with Crippen LogP contribution in [0.2, 0.25) is 5.02 Å². The summed E-state index contributed by atoms with van der Waals surface area (Å²) >= 11 is 5.77. The molecule has 0 aromatic heterocycles. The molecule has 1 amide bonds. The molecule has 0 saturated heterocycles.